The maximum atomic E-state index is 13.7. The number of fused-ring (bicyclic) bond motifs is 1. The summed E-state index contributed by atoms with van der Waals surface area (Å²) in [5.74, 6) is -1.84. The minimum absolute atomic E-state index is 0.0187. The molecule has 0 unspecified atom stereocenters. The molecule has 0 aliphatic rings. The van der Waals surface area contributed by atoms with Crippen molar-refractivity contribution in [3.8, 4) is 5.75 Å². The Bertz CT molecular complexity index is 1480. The normalized spacial score (nSPS) is 12.0. The third-order valence-electron chi connectivity index (χ3n) is 4.83. The first-order valence-corrected chi connectivity index (χ1v) is 11.0. The molecule has 34 heavy (non-hydrogen) atoms. The van der Waals surface area contributed by atoms with Crippen molar-refractivity contribution in [2.24, 2.45) is 0 Å². The number of aromatic nitrogens is 1. The minimum Gasteiger partial charge on any atom is -0.478 e. The third kappa shape index (κ3) is 4.53. The second-order valence-corrected chi connectivity index (χ2v) is 8.88. The van der Waals surface area contributed by atoms with Crippen molar-refractivity contribution in [3.05, 3.63) is 78.2 Å². The number of sulfonamides is 1. The standard InChI is InChI=1S/C22H15F3N2O6S/c1-13-2-8-17(11-18(13)21(28)29)34(30,31)27(15-5-9-20-19(10-15)26-12-32-20)14-3-6-16(7-4-14)33-22(23,24)25/h2-12H,1H3,(H,28,29). The average Bonchev–Trinajstić information content (AvgIpc) is 3.22. The molecule has 0 saturated carbocycles. The van der Waals surface area contributed by atoms with Crippen molar-refractivity contribution < 1.29 is 40.6 Å². The highest BCUT2D eigenvalue weighted by atomic mass is 32.2. The molecule has 4 rings (SSSR count). The van der Waals surface area contributed by atoms with Gasteiger partial charge < -0.3 is 14.3 Å². The first-order chi connectivity index (χ1) is 16.0. The molecule has 1 aromatic heterocycles. The van der Waals surface area contributed by atoms with E-state index in [0.717, 1.165) is 34.6 Å². The summed E-state index contributed by atoms with van der Waals surface area (Å²) in [4.78, 5) is 15.2. The molecule has 0 amide bonds. The van der Waals surface area contributed by atoms with Crippen molar-refractivity contribution >= 4 is 38.5 Å². The zero-order valence-electron chi connectivity index (χ0n) is 17.3. The van der Waals surface area contributed by atoms with Gasteiger partial charge in [-0.05, 0) is 67.1 Å². The Labute approximate surface area is 190 Å². The molecular formula is C22H15F3N2O6S. The zero-order chi connectivity index (χ0) is 24.7. The van der Waals surface area contributed by atoms with Crippen LogP contribution in [0.5, 0.6) is 5.75 Å². The first kappa shape index (κ1) is 23.1. The van der Waals surface area contributed by atoms with Gasteiger partial charge in [-0.1, -0.05) is 6.07 Å². The number of benzene rings is 3. The number of oxazole rings is 1. The van der Waals surface area contributed by atoms with Gasteiger partial charge in [0.1, 0.15) is 11.3 Å². The summed E-state index contributed by atoms with van der Waals surface area (Å²) in [6, 6.07) is 12.2. The first-order valence-electron chi connectivity index (χ1n) is 9.54. The number of carboxylic acid groups (broad SMARTS) is 1. The van der Waals surface area contributed by atoms with E-state index in [4.69, 9.17) is 4.42 Å². The fourth-order valence-corrected chi connectivity index (χ4v) is 4.79. The van der Waals surface area contributed by atoms with Crippen molar-refractivity contribution in [3.63, 3.8) is 0 Å². The molecule has 0 radical (unpaired) electrons. The lowest BCUT2D eigenvalue weighted by Gasteiger charge is -2.25. The maximum Gasteiger partial charge on any atom is 0.573 e. The zero-order valence-corrected chi connectivity index (χ0v) is 18.1. The molecule has 8 nitrogen and oxygen atoms in total. The van der Waals surface area contributed by atoms with E-state index in [9.17, 15) is 31.5 Å². The molecule has 3 aromatic carbocycles. The third-order valence-corrected chi connectivity index (χ3v) is 6.58. The predicted molar refractivity (Wildman–Crippen MR) is 115 cm³/mol. The number of nitrogens with zero attached hydrogens (tertiary/aromatic N) is 2. The fourth-order valence-electron chi connectivity index (χ4n) is 3.28. The van der Waals surface area contributed by atoms with Gasteiger partial charge in [-0.2, -0.15) is 0 Å². The van der Waals surface area contributed by atoms with Crippen molar-refractivity contribution in [1.29, 1.82) is 0 Å². The van der Waals surface area contributed by atoms with Crippen molar-refractivity contribution in [2.45, 2.75) is 18.2 Å². The maximum absolute atomic E-state index is 13.7. The van der Waals surface area contributed by atoms with Crippen LogP contribution < -0.4 is 9.04 Å². The van der Waals surface area contributed by atoms with Crippen LogP contribution in [0.3, 0.4) is 0 Å². The number of aromatic carboxylic acids is 1. The molecule has 0 fully saturated rings. The quantitative estimate of drug-likeness (QED) is 0.391. The van der Waals surface area contributed by atoms with Crippen LogP contribution in [0.2, 0.25) is 0 Å². The summed E-state index contributed by atoms with van der Waals surface area (Å²) < 4.78 is 74.9. The number of ether oxygens (including phenoxy) is 1. The molecule has 176 valence electrons. The molecular weight excluding hydrogens is 477 g/mol. The molecule has 4 aromatic rings. The Morgan fingerprint density at radius 1 is 1.03 bits per heavy atom. The topological polar surface area (TPSA) is 110 Å². The molecule has 12 heteroatoms. The van der Waals surface area contributed by atoms with Crippen LogP contribution in [0.15, 0.2) is 76.4 Å². The van der Waals surface area contributed by atoms with Crippen LogP contribution in [0.25, 0.3) is 11.1 Å². The van der Waals surface area contributed by atoms with Crippen LogP contribution in [-0.4, -0.2) is 30.8 Å². The Morgan fingerprint density at radius 3 is 2.35 bits per heavy atom. The summed E-state index contributed by atoms with van der Waals surface area (Å²) in [7, 11) is -4.43. The molecule has 0 aliphatic heterocycles. The monoisotopic (exact) mass is 492 g/mol. The van der Waals surface area contributed by atoms with E-state index in [-0.39, 0.29) is 21.8 Å². The van der Waals surface area contributed by atoms with Gasteiger partial charge in [-0.15, -0.1) is 13.2 Å². The van der Waals surface area contributed by atoms with Crippen molar-refractivity contribution in [1.82, 2.24) is 4.98 Å². The highest BCUT2D eigenvalue weighted by Crippen LogP contribution is 2.36. The summed E-state index contributed by atoms with van der Waals surface area (Å²) >= 11 is 0. The van der Waals surface area contributed by atoms with E-state index in [1.807, 2.05) is 0 Å². The van der Waals surface area contributed by atoms with E-state index < -0.39 is 28.1 Å². The van der Waals surface area contributed by atoms with Gasteiger partial charge in [-0.3, -0.25) is 0 Å². The van der Waals surface area contributed by atoms with Crippen LogP contribution >= 0.6 is 0 Å². The molecule has 0 atom stereocenters. The lowest BCUT2D eigenvalue weighted by Crippen LogP contribution is -2.26. The number of anilines is 2. The van der Waals surface area contributed by atoms with Gasteiger partial charge in [-0.25, -0.2) is 22.5 Å². The smallest absolute Gasteiger partial charge is 0.478 e. The van der Waals surface area contributed by atoms with Crippen LogP contribution in [-0.2, 0) is 10.0 Å². The van der Waals surface area contributed by atoms with Crippen molar-refractivity contribution in [2.75, 3.05) is 4.31 Å². The Balaban J connectivity index is 1.87. The fraction of sp³-hybridized carbons (Fsp3) is 0.0909. The van der Waals surface area contributed by atoms with Gasteiger partial charge in [0, 0.05) is 0 Å². The Kier molecular flexibility index (Phi) is 5.69. The number of alkyl halides is 3. The van der Waals surface area contributed by atoms with Gasteiger partial charge in [0.05, 0.1) is 21.8 Å². The summed E-state index contributed by atoms with van der Waals surface area (Å²) in [5.41, 5.74) is 0.958. The number of hydrogen-bond acceptors (Lipinski definition) is 6. The Hall–Kier alpha value is -4.06. The summed E-state index contributed by atoms with van der Waals surface area (Å²) in [5, 5.41) is 9.41. The second-order valence-electron chi connectivity index (χ2n) is 7.10. The average molecular weight is 492 g/mol. The molecule has 1 heterocycles. The van der Waals surface area contributed by atoms with Gasteiger partial charge >= 0.3 is 12.3 Å². The van der Waals surface area contributed by atoms with E-state index in [1.54, 1.807) is 0 Å². The number of carboxylic acids is 1. The van der Waals surface area contributed by atoms with E-state index >= 15 is 0 Å². The Morgan fingerprint density at radius 2 is 1.71 bits per heavy atom. The number of rotatable bonds is 6. The highest BCUT2D eigenvalue weighted by molar-refractivity contribution is 7.93. The number of halogens is 3. The highest BCUT2D eigenvalue weighted by Gasteiger charge is 2.32. The van der Waals surface area contributed by atoms with Gasteiger partial charge in [0.25, 0.3) is 10.0 Å². The molecule has 0 spiro atoms. The summed E-state index contributed by atoms with van der Waals surface area (Å²) in [6.07, 6.45) is -3.74. The van der Waals surface area contributed by atoms with Gasteiger partial charge in [0.15, 0.2) is 12.0 Å². The number of hydrogen-bond donors (Lipinski definition) is 1. The summed E-state index contributed by atoms with van der Waals surface area (Å²) in [6.45, 7) is 1.52. The van der Waals surface area contributed by atoms with E-state index in [1.165, 1.54) is 43.6 Å². The van der Waals surface area contributed by atoms with E-state index in [0.29, 0.717) is 16.7 Å². The SMILES string of the molecule is Cc1ccc(S(=O)(=O)N(c2ccc(OC(F)(F)F)cc2)c2ccc3ocnc3c2)cc1C(=O)O. The number of carbonyl (C=O) groups is 1. The largest absolute Gasteiger partial charge is 0.573 e. The number of aryl methyl sites for hydroxylation is 1. The molecule has 0 aliphatic carbocycles. The predicted octanol–water partition coefficient (Wildman–Crippen LogP) is 5.26. The van der Waals surface area contributed by atoms with Crippen LogP contribution in [0, 0.1) is 6.92 Å². The van der Waals surface area contributed by atoms with Crippen LogP contribution in [0.1, 0.15) is 15.9 Å². The lowest BCUT2D eigenvalue weighted by atomic mass is 10.1. The van der Waals surface area contributed by atoms with Crippen LogP contribution in [0.4, 0.5) is 24.5 Å². The molecule has 1 N–H and O–H groups in total. The second kappa shape index (κ2) is 8.37. The molecule has 0 bridgehead atoms. The van der Waals surface area contributed by atoms with E-state index in [2.05, 4.69) is 9.72 Å². The minimum atomic E-state index is -4.92. The molecule has 0 saturated heterocycles. The van der Waals surface area contributed by atoms with Gasteiger partial charge in [0.2, 0.25) is 0 Å². The lowest BCUT2D eigenvalue weighted by molar-refractivity contribution is -0.274.